The van der Waals surface area contributed by atoms with Crippen molar-refractivity contribution in [2.45, 2.75) is 24.0 Å². The Morgan fingerprint density at radius 2 is 1.93 bits per heavy atom. The number of hydrogen-bond acceptors (Lipinski definition) is 5. The maximum Gasteiger partial charge on any atom is 0.261 e. The first kappa shape index (κ1) is 20.9. The van der Waals surface area contributed by atoms with E-state index in [9.17, 15) is 13.2 Å². The molecule has 0 spiro atoms. The largest absolute Gasteiger partial charge is 0.494 e. The van der Waals surface area contributed by atoms with Crippen LogP contribution in [0.15, 0.2) is 53.4 Å². The molecule has 1 N–H and O–H groups in total. The average Bonchev–Trinajstić information content (AvgIpc) is 3.13. The van der Waals surface area contributed by atoms with E-state index in [2.05, 4.69) is 5.32 Å². The van der Waals surface area contributed by atoms with Gasteiger partial charge in [-0.2, -0.15) is 0 Å². The summed E-state index contributed by atoms with van der Waals surface area (Å²) >= 11 is 7.30. The van der Waals surface area contributed by atoms with Gasteiger partial charge in [0.2, 0.25) is 0 Å². The minimum Gasteiger partial charge on any atom is -0.494 e. The van der Waals surface area contributed by atoms with Gasteiger partial charge in [-0.1, -0.05) is 29.8 Å². The van der Waals surface area contributed by atoms with E-state index in [1.165, 1.54) is 17.4 Å². The highest BCUT2D eigenvalue weighted by Crippen LogP contribution is 2.43. The third kappa shape index (κ3) is 4.24. The van der Waals surface area contributed by atoms with Crippen molar-refractivity contribution in [2.75, 3.05) is 13.2 Å². The van der Waals surface area contributed by atoms with Crippen LogP contribution in [-0.2, 0) is 22.0 Å². The third-order valence-electron chi connectivity index (χ3n) is 4.84. The second-order valence-electron chi connectivity index (χ2n) is 6.95. The first-order chi connectivity index (χ1) is 14.4. The summed E-state index contributed by atoms with van der Waals surface area (Å²) in [5.74, 6) is 0.505. The smallest absolute Gasteiger partial charge is 0.261 e. The monoisotopic (exact) mass is 461 g/mol. The number of benzene rings is 2. The van der Waals surface area contributed by atoms with Crippen LogP contribution in [0.1, 0.15) is 27.7 Å². The van der Waals surface area contributed by atoms with Crippen LogP contribution in [0.2, 0.25) is 5.02 Å². The Hall–Kier alpha value is -2.35. The quantitative estimate of drug-likeness (QED) is 0.576. The molecule has 1 aromatic heterocycles. The molecular weight excluding hydrogens is 442 g/mol. The van der Waals surface area contributed by atoms with E-state index in [1.807, 2.05) is 31.2 Å². The van der Waals surface area contributed by atoms with Crippen molar-refractivity contribution in [2.24, 2.45) is 0 Å². The van der Waals surface area contributed by atoms with Crippen LogP contribution >= 0.6 is 22.9 Å². The van der Waals surface area contributed by atoms with Gasteiger partial charge in [0.05, 0.1) is 22.1 Å². The summed E-state index contributed by atoms with van der Waals surface area (Å²) in [7, 11) is -3.47. The number of thiophene rings is 1. The zero-order chi connectivity index (χ0) is 21.3. The van der Waals surface area contributed by atoms with Gasteiger partial charge >= 0.3 is 0 Å². The van der Waals surface area contributed by atoms with Gasteiger partial charge in [0, 0.05) is 22.0 Å². The molecule has 0 radical (unpaired) electrons. The zero-order valence-corrected chi connectivity index (χ0v) is 18.7. The van der Waals surface area contributed by atoms with Crippen LogP contribution in [-0.4, -0.2) is 27.5 Å². The topological polar surface area (TPSA) is 72.5 Å². The molecule has 8 heteroatoms. The molecule has 0 fully saturated rings. The van der Waals surface area contributed by atoms with Gasteiger partial charge in [0.25, 0.3) is 5.91 Å². The van der Waals surface area contributed by atoms with E-state index < -0.39 is 9.84 Å². The average molecular weight is 462 g/mol. The van der Waals surface area contributed by atoms with Gasteiger partial charge in [-0.05, 0) is 54.8 Å². The second-order valence-corrected chi connectivity index (χ2v) is 10.4. The Balaban J connectivity index is 1.46. The van der Waals surface area contributed by atoms with Crippen molar-refractivity contribution < 1.29 is 17.9 Å². The Kier molecular flexibility index (Phi) is 5.86. The van der Waals surface area contributed by atoms with Crippen molar-refractivity contribution >= 4 is 38.7 Å². The van der Waals surface area contributed by atoms with E-state index >= 15 is 0 Å². The van der Waals surface area contributed by atoms with E-state index in [1.54, 1.807) is 18.2 Å². The van der Waals surface area contributed by atoms with Crippen molar-refractivity contribution in [3.63, 3.8) is 0 Å². The molecule has 156 valence electrons. The number of carbonyl (C=O) groups is 1. The van der Waals surface area contributed by atoms with Gasteiger partial charge in [0.1, 0.15) is 5.75 Å². The summed E-state index contributed by atoms with van der Waals surface area (Å²) in [6, 6.07) is 14.3. The predicted molar refractivity (Wildman–Crippen MR) is 119 cm³/mol. The molecule has 2 heterocycles. The number of nitrogens with one attached hydrogen (secondary N) is 1. The predicted octanol–water partition coefficient (Wildman–Crippen LogP) is 4.73. The Labute approximate surface area is 184 Å². The minimum absolute atomic E-state index is 0.119. The fourth-order valence-corrected chi connectivity index (χ4v) is 6.56. The highest BCUT2D eigenvalue weighted by atomic mass is 35.5. The summed E-state index contributed by atoms with van der Waals surface area (Å²) in [5, 5.41) is 3.30. The van der Waals surface area contributed by atoms with Crippen molar-refractivity contribution in [3.8, 4) is 16.2 Å². The van der Waals surface area contributed by atoms with E-state index in [4.69, 9.17) is 16.3 Å². The van der Waals surface area contributed by atoms with Crippen molar-refractivity contribution in [1.29, 1.82) is 0 Å². The van der Waals surface area contributed by atoms with E-state index in [-0.39, 0.29) is 16.6 Å². The molecule has 1 amide bonds. The second kappa shape index (κ2) is 8.41. The lowest BCUT2D eigenvalue weighted by Crippen LogP contribution is -2.24. The van der Waals surface area contributed by atoms with Gasteiger partial charge < -0.3 is 10.1 Å². The maximum absolute atomic E-state index is 12.6. The summed E-state index contributed by atoms with van der Waals surface area (Å²) in [4.78, 5) is 14.2. The fraction of sp³-hybridized carbons (Fsp3) is 0.227. The lowest BCUT2D eigenvalue weighted by Gasteiger charge is -2.16. The Bertz CT molecular complexity index is 1200. The number of hydrogen-bond donors (Lipinski definition) is 1. The summed E-state index contributed by atoms with van der Waals surface area (Å²) in [5.41, 5.74) is 2.37. The van der Waals surface area contributed by atoms with Crippen LogP contribution in [0.4, 0.5) is 0 Å². The van der Waals surface area contributed by atoms with Gasteiger partial charge in [-0.25, -0.2) is 8.42 Å². The van der Waals surface area contributed by atoms with Crippen LogP contribution in [0.25, 0.3) is 10.4 Å². The maximum atomic E-state index is 12.6. The molecule has 4 rings (SSSR count). The summed E-state index contributed by atoms with van der Waals surface area (Å²) in [6.07, 6.45) is 0.693. The molecule has 0 bridgehead atoms. The lowest BCUT2D eigenvalue weighted by atomic mass is 10.1. The van der Waals surface area contributed by atoms with Gasteiger partial charge in [0.15, 0.2) is 9.84 Å². The molecule has 1 aliphatic heterocycles. The standard InChI is InChI=1S/C22H20ClNO4S2/c1-2-28-17-6-3-14(4-7-17)9-10-24-22(25)19-11-15-13-30(26,27)20-12-16(23)5-8-18(20)21(15)29-19/h3-8,11-12H,2,9-10,13H2,1H3,(H,24,25). The molecule has 0 aliphatic carbocycles. The number of rotatable bonds is 6. The molecule has 30 heavy (non-hydrogen) atoms. The van der Waals surface area contributed by atoms with Crippen LogP contribution in [0.5, 0.6) is 5.75 Å². The third-order valence-corrected chi connectivity index (χ3v) is 7.98. The van der Waals surface area contributed by atoms with Crippen molar-refractivity contribution in [1.82, 2.24) is 5.32 Å². The number of amides is 1. The normalized spacial score (nSPS) is 13.9. The molecule has 0 unspecified atom stereocenters. The lowest BCUT2D eigenvalue weighted by molar-refractivity contribution is 0.0958. The number of halogens is 1. The highest BCUT2D eigenvalue weighted by molar-refractivity contribution is 7.91. The van der Waals surface area contributed by atoms with Gasteiger partial charge in [-0.3, -0.25) is 4.79 Å². The molecule has 0 saturated heterocycles. The van der Waals surface area contributed by atoms with Gasteiger partial charge in [-0.15, -0.1) is 11.3 Å². The molecule has 0 atom stereocenters. The number of ether oxygens (including phenoxy) is 1. The van der Waals surface area contributed by atoms with Crippen LogP contribution in [0.3, 0.4) is 0 Å². The first-order valence-corrected chi connectivity index (χ1v) is 12.4. The molecule has 0 saturated carbocycles. The van der Waals surface area contributed by atoms with Crippen molar-refractivity contribution in [3.05, 3.63) is 69.6 Å². The van der Waals surface area contributed by atoms with Crippen LogP contribution < -0.4 is 10.1 Å². The Morgan fingerprint density at radius 3 is 2.67 bits per heavy atom. The molecule has 3 aromatic rings. The fourth-order valence-electron chi connectivity index (χ4n) is 3.43. The van der Waals surface area contributed by atoms with Crippen LogP contribution in [0, 0.1) is 0 Å². The van der Waals surface area contributed by atoms with E-state index in [0.717, 1.165) is 16.2 Å². The van der Waals surface area contributed by atoms with E-state index in [0.29, 0.717) is 40.6 Å². The minimum atomic E-state index is -3.47. The zero-order valence-electron chi connectivity index (χ0n) is 16.3. The number of fused-ring (bicyclic) bond motifs is 3. The molecule has 2 aromatic carbocycles. The molecule has 5 nitrogen and oxygen atoms in total. The molecular formula is C22H20ClNO4S2. The Morgan fingerprint density at radius 1 is 1.17 bits per heavy atom. The number of carbonyl (C=O) groups excluding carboxylic acids is 1. The number of sulfone groups is 1. The summed E-state index contributed by atoms with van der Waals surface area (Å²) < 4.78 is 30.6. The first-order valence-electron chi connectivity index (χ1n) is 9.52. The summed E-state index contributed by atoms with van der Waals surface area (Å²) in [6.45, 7) is 3.05. The molecule has 1 aliphatic rings. The highest BCUT2D eigenvalue weighted by Gasteiger charge is 2.31. The SMILES string of the molecule is CCOc1ccc(CCNC(=O)c2cc3c(s2)-c2ccc(Cl)cc2S(=O)(=O)C3)cc1.